The van der Waals surface area contributed by atoms with E-state index in [1.165, 1.54) is 36.6 Å². The van der Waals surface area contributed by atoms with Crippen LogP contribution in [0.3, 0.4) is 0 Å². The number of nitro groups is 1. The van der Waals surface area contributed by atoms with Crippen LogP contribution in [0.4, 0.5) is 11.4 Å². The molecule has 0 radical (unpaired) electrons. The van der Waals surface area contributed by atoms with Gasteiger partial charge in [-0.3, -0.25) is 14.9 Å². The molecule has 1 heterocycles. The number of nitro benzene ring substituents is 1. The van der Waals surface area contributed by atoms with Crippen molar-refractivity contribution in [1.29, 1.82) is 0 Å². The number of amides is 1. The Morgan fingerprint density at radius 3 is 2.85 bits per heavy atom. The Hall–Kier alpha value is -3.09. The van der Waals surface area contributed by atoms with Gasteiger partial charge in [-0.05, 0) is 37.1 Å². The molecule has 1 N–H and O–H groups in total. The molecule has 3 rings (SSSR count). The maximum absolute atomic E-state index is 12.4. The second kappa shape index (κ2) is 7.43. The Labute approximate surface area is 151 Å². The van der Waals surface area contributed by atoms with E-state index in [4.69, 9.17) is 4.74 Å². The zero-order valence-corrected chi connectivity index (χ0v) is 14.8. The summed E-state index contributed by atoms with van der Waals surface area (Å²) in [6, 6.07) is 12.7. The van der Waals surface area contributed by atoms with Crippen molar-refractivity contribution in [2.24, 2.45) is 0 Å². The van der Waals surface area contributed by atoms with Crippen LogP contribution in [-0.4, -0.2) is 37.1 Å². The maximum atomic E-state index is 12.4. The molecule has 7 nitrogen and oxygen atoms in total. The van der Waals surface area contributed by atoms with Gasteiger partial charge in [0.1, 0.15) is 11.3 Å². The normalized spacial score (nSPS) is 15.5. The molecule has 0 fully saturated rings. The Morgan fingerprint density at radius 2 is 2.12 bits per heavy atom. The van der Waals surface area contributed by atoms with E-state index in [1.54, 1.807) is 0 Å². The summed E-state index contributed by atoms with van der Waals surface area (Å²) in [7, 11) is 1.45. The van der Waals surface area contributed by atoms with E-state index in [9.17, 15) is 14.9 Å². The number of hydrogen-bond donors (Lipinski definition) is 1. The van der Waals surface area contributed by atoms with Crippen LogP contribution in [0.2, 0.25) is 0 Å². The molecule has 7 heteroatoms. The first-order valence-electron chi connectivity index (χ1n) is 8.46. The van der Waals surface area contributed by atoms with Crippen molar-refractivity contribution in [3.05, 3.63) is 63.7 Å². The van der Waals surface area contributed by atoms with E-state index in [0.717, 1.165) is 6.42 Å². The summed E-state index contributed by atoms with van der Waals surface area (Å²) in [5.41, 5.74) is 2.25. The van der Waals surface area contributed by atoms with Crippen molar-refractivity contribution in [3.63, 3.8) is 0 Å². The van der Waals surface area contributed by atoms with E-state index in [0.29, 0.717) is 24.9 Å². The highest BCUT2D eigenvalue weighted by Gasteiger charge is 2.26. The molecule has 136 valence electrons. The predicted octanol–water partition coefficient (Wildman–Crippen LogP) is 2.78. The molecule has 2 aromatic rings. The van der Waals surface area contributed by atoms with Gasteiger partial charge in [0.25, 0.3) is 11.6 Å². The van der Waals surface area contributed by atoms with E-state index in [2.05, 4.69) is 29.3 Å². The summed E-state index contributed by atoms with van der Waals surface area (Å²) in [6.07, 6.45) is 0.978. The van der Waals surface area contributed by atoms with Crippen LogP contribution in [0, 0.1) is 10.1 Å². The first kappa shape index (κ1) is 17.7. The standard InChI is InChI=1S/C19H21N3O4/c1-13-11-14-5-3-4-6-17(14)21(13)10-9-20-19(23)16-12-15(26-2)7-8-18(16)22(24)25/h3-8,12-13H,9-11H2,1-2H3,(H,20,23). The summed E-state index contributed by atoms with van der Waals surface area (Å²) < 4.78 is 5.07. The Bertz CT molecular complexity index is 837. The van der Waals surface area contributed by atoms with E-state index in [1.807, 2.05) is 12.1 Å². The summed E-state index contributed by atoms with van der Waals surface area (Å²) >= 11 is 0. The topological polar surface area (TPSA) is 84.7 Å². The molecule has 0 aliphatic carbocycles. The number of ether oxygens (including phenoxy) is 1. The highest BCUT2D eigenvalue weighted by Crippen LogP contribution is 2.31. The fourth-order valence-electron chi connectivity index (χ4n) is 3.34. The number of benzene rings is 2. The van der Waals surface area contributed by atoms with Gasteiger partial charge in [-0.15, -0.1) is 0 Å². The highest BCUT2D eigenvalue weighted by molar-refractivity contribution is 5.98. The van der Waals surface area contributed by atoms with Gasteiger partial charge in [0.15, 0.2) is 0 Å². The molecule has 2 aromatic carbocycles. The maximum Gasteiger partial charge on any atom is 0.282 e. The van der Waals surface area contributed by atoms with E-state index >= 15 is 0 Å². The number of nitrogens with zero attached hydrogens (tertiary/aromatic N) is 2. The molecule has 26 heavy (non-hydrogen) atoms. The van der Waals surface area contributed by atoms with Crippen molar-refractivity contribution >= 4 is 17.3 Å². The van der Waals surface area contributed by atoms with Crippen LogP contribution in [-0.2, 0) is 6.42 Å². The molecule has 1 unspecified atom stereocenters. The average molecular weight is 355 g/mol. The molecule has 0 saturated heterocycles. The molecule has 1 aliphatic rings. The van der Waals surface area contributed by atoms with Crippen molar-refractivity contribution in [2.75, 3.05) is 25.1 Å². The van der Waals surface area contributed by atoms with Crippen molar-refractivity contribution in [2.45, 2.75) is 19.4 Å². The number of fused-ring (bicyclic) bond motifs is 1. The minimum absolute atomic E-state index is 0.00391. The van der Waals surface area contributed by atoms with Gasteiger partial charge >= 0.3 is 0 Å². The lowest BCUT2D eigenvalue weighted by atomic mass is 10.1. The van der Waals surface area contributed by atoms with Crippen LogP contribution in [0.1, 0.15) is 22.8 Å². The van der Waals surface area contributed by atoms with Crippen LogP contribution in [0.25, 0.3) is 0 Å². The lowest BCUT2D eigenvalue weighted by molar-refractivity contribution is -0.385. The number of anilines is 1. The van der Waals surface area contributed by atoms with E-state index in [-0.39, 0.29) is 11.3 Å². The molecule has 1 aliphatic heterocycles. The Morgan fingerprint density at radius 1 is 1.35 bits per heavy atom. The fraction of sp³-hybridized carbons (Fsp3) is 0.316. The Kier molecular flexibility index (Phi) is 5.06. The smallest absolute Gasteiger partial charge is 0.282 e. The van der Waals surface area contributed by atoms with Crippen molar-refractivity contribution in [1.82, 2.24) is 5.32 Å². The monoisotopic (exact) mass is 355 g/mol. The van der Waals surface area contributed by atoms with Crippen molar-refractivity contribution in [3.8, 4) is 5.75 Å². The predicted molar refractivity (Wildman–Crippen MR) is 98.9 cm³/mol. The van der Waals surface area contributed by atoms with Gasteiger partial charge < -0.3 is 15.0 Å². The second-order valence-electron chi connectivity index (χ2n) is 6.27. The number of methoxy groups -OCH3 is 1. The Balaban J connectivity index is 1.67. The third kappa shape index (κ3) is 3.46. The molecule has 0 saturated carbocycles. The quantitative estimate of drug-likeness (QED) is 0.636. The average Bonchev–Trinajstić information content (AvgIpc) is 2.96. The van der Waals surface area contributed by atoms with Crippen LogP contribution in [0.5, 0.6) is 5.75 Å². The van der Waals surface area contributed by atoms with Gasteiger partial charge in [-0.25, -0.2) is 0 Å². The van der Waals surface area contributed by atoms with Gasteiger partial charge in [0, 0.05) is 30.9 Å². The molecular formula is C19H21N3O4. The molecule has 1 amide bonds. The number of hydrogen-bond acceptors (Lipinski definition) is 5. The fourth-order valence-corrected chi connectivity index (χ4v) is 3.34. The van der Waals surface area contributed by atoms with Gasteiger partial charge in [0.05, 0.1) is 12.0 Å². The first-order valence-corrected chi connectivity index (χ1v) is 8.46. The SMILES string of the molecule is COc1ccc([N+](=O)[O-])c(C(=O)NCCN2c3ccccc3CC2C)c1. The van der Waals surface area contributed by atoms with Gasteiger partial charge in [-0.2, -0.15) is 0 Å². The largest absolute Gasteiger partial charge is 0.497 e. The van der Waals surface area contributed by atoms with Crippen LogP contribution in [0.15, 0.2) is 42.5 Å². The number of para-hydroxylation sites is 1. The minimum atomic E-state index is -0.562. The number of nitrogens with one attached hydrogen (secondary N) is 1. The summed E-state index contributed by atoms with van der Waals surface area (Å²) in [4.78, 5) is 25.3. The van der Waals surface area contributed by atoms with Crippen molar-refractivity contribution < 1.29 is 14.5 Å². The number of carbonyl (C=O) groups is 1. The highest BCUT2D eigenvalue weighted by atomic mass is 16.6. The third-order valence-electron chi connectivity index (χ3n) is 4.63. The minimum Gasteiger partial charge on any atom is -0.497 e. The molecule has 1 atom stereocenters. The molecular weight excluding hydrogens is 334 g/mol. The van der Waals surface area contributed by atoms with Crippen LogP contribution < -0.4 is 15.0 Å². The number of carbonyl (C=O) groups excluding carboxylic acids is 1. The molecule has 0 bridgehead atoms. The second-order valence-corrected chi connectivity index (χ2v) is 6.27. The lowest BCUT2D eigenvalue weighted by Gasteiger charge is -2.25. The molecule has 0 aromatic heterocycles. The van der Waals surface area contributed by atoms with Crippen LogP contribution >= 0.6 is 0 Å². The third-order valence-corrected chi connectivity index (χ3v) is 4.63. The summed E-state index contributed by atoms with van der Waals surface area (Å²) in [5.74, 6) is -0.0708. The number of rotatable bonds is 6. The zero-order valence-electron chi connectivity index (χ0n) is 14.8. The summed E-state index contributed by atoms with van der Waals surface area (Å²) in [6.45, 7) is 3.18. The lowest BCUT2D eigenvalue weighted by Crippen LogP contribution is -2.38. The summed E-state index contributed by atoms with van der Waals surface area (Å²) in [5, 5.41) is 13.9. The first-order chi connectivity index (χ1) is 12.5. The van der Waals surface area contributed by atoms with Gasteiger partial charge in [0.2, 0.25) is 0 Å². The van der Waals surface area contributed by atoms with E-state index < -0.39 is 10.8 Å². The zero-order chi connectivity index (χ0) is 18.7. The van der Waals surface area contributed by atoms with Gasteiger partial charge in [-0.1, -0.05) is 18.2 Å². The molecule has 0 spiro atoms.